The molecule has 0 amide bonds. The number of benzene rings is 2. The van der Waals surface area contributed by atoms with Crippen molar-refractivity contribution in [2.45, 2.75) is 50.1 Å². The molecule has 1 saturated heterocycles. The lowest BCUT2D eigenvalue weighted by molar-refractivity contribution is 0.0549. The summed E-state index contributed by atoms with van der Waals surface area (Å²) in [6.07, 6.45) is -14.6. The van der Waals surface area contributed by atoms with Crippen LogP contribution in [0, 0.1) is 0 Å². The summed E-state index contributed by atoms with van der Waals surface area (Å²) < 4.78 is 93.2. The second-order valence-corrected chi connectivity index (χ2v) is 5.70. The van der Waals surface area contributed by atoms with Crippen LogP contribution in [0.2, 0.25) is 0 Å². The molecule has 3 nitrogen and oxygen atoms in total. The van der Waals surface area contributed by atoms with E-state index >= 15 is 0 Å². The fraction of sp³-hybridized carbons (Fsp3) is 0.409. The van der Waals surface area contributed by atoms with Gasteiger partial charge < -0.3 is 5.11 Å². The third-order valence-electron chi connectivity index (χ3n) is 3.95. The zero-order chi connectivity index (χ0) is 27.4. The van der Waals surface area contributed by atoms with Crippen molar-refractivity contribution in [3.05, 3.63) is 71.8 Å². The first-order valence-corrected chi connectivity index (χ1v) is 7.96. The number of likely N-dealkylation sites (tertiary alicyclic amines) is 1. The van der Waals surface area contributed by atoms with Gasteiger partial charge in [-0.25, -0.2) is 0 Å². The van der Waals surface area contributed by atoms with Crippen LogP contribution in [-0.4, -0.2) is 34.8 Å². The monoisotopic (exact) mass is 348 g/mol. The van der Waals surface area contributed by atoms with Crippen molar-refractivity contribution in [1.29, 1.82) is 0 Å². The highest BCUT2D eigenvalue weighted by molar-refractivity contribution is 5.96. The molecule has 1 aliphatic rings. The average molecular weight is 349 g/mol. The number of carbonyl (C=O) groups is 1. The fourth-order valence-corrected chi connectivity index (χ4v) is 2.57. The van der Waals surface area contributed by atoms with Crippen LogP contribution in [0.3, 0.4) is 0 Å². The van der Waals surface area contributed by atoms with Crippen LogP contribution in [0.5, 0.6) is 0 Å². The van der Waals surface area contributed by atoms with Crippen molar-refractivity contribution in [2.24, 2.45) is 0 Å². The summed E-state index contributed by atoms with van der Waals surface area (Å²) in [7, 11) is 0. The number of rotatable bonds is 6. The number of aliphatic hydroxyl groups is 1. The highest BCUT2D eigenvalue weighted by Crippen LogP contribution is 2.30. The average Bonchev–Trinajstić information content (AvgIpc) is 2.78. The first-order valence-electron chi connectivity index (χ1n) is 13.5. The maximum Gasteiger partial charge on any atom is 0.164 e. The quantitative estimate of drug-likeness (QED) is 0.794. The van der Waals surface area contributed by atoms with E-state index in [-0.39, 0.29) is 16.0 Å². The molecule has 1 aliphatic heterocycles. The maximum absolute atomic E-state index is 13.1. The van der Waals surface area contributed by atoms with Crippen molar-refractivity contribution in [3.63, 3.8) is 0 Å². The number of nitrogens with zero attached hydrogens (tertiary/aromatic N) is 1. The molecule has 1 unspecified atom stereocenters. The predicted octanol–water partition coefficient (Wildman–Crippen LogP) is 4.24. The normalized spacial score (nSPS) is 41.4. The number of ketones is 1. The lowest BCUT2D eigenvalue weighted by Crippen LogP contribution is -2.45. The Labute approximate surface area is 165 Å². The minimum absolute atomic E-state index is 0.0134. The van der Waals surface area contributed by atoms with Crippen LogP contribution < -0.4 is 0 Å². The largest absolute Gasteiger partial charge is 0.388 e. The van der Waals surface area contributed by atoms with E-state index in [4.69, 9.17) is 15.1 Å². The smallest absolute Gasteiger partial charge is 0.164 e. The topological polar surface area (TPSA) is 40.5 Å². The molecule has 0 aromatic heterocycles. The van der Waals surface area contributed by atoms with E-state index in [1.807, 2.05) is 0 Å². The lowest BCUT2D eigenvalue weighted by atomic mass is 9.88. The van der Waals surface area contributed by atoms with E-state index in [0.29, 0.717) is 0 Å². The number of piperidine rings is 1. The minimum atomic E-state index is -3.61. The Balaban J connectivity index is 2.25. The Morgan fingerprint density at radius 1 is 1.20 bits per heavy atom. The highest BCUT2D eigenvalue weighted by Gasteiger charge is 2.30. The Hall–Kier alpha value is -1.97. The van der Waals surface area contributed by atoms with Gasteiger partial charge in [-0.15, -0.1) is 0 Å². The van der Waals surface area contributed by atoms with Crippen LogP contribution in [0.4, 0.5) is 0 Å². The van der Waals surface area contributed by atoms with Gasteiger partial charge in [-0.1, -0.05) is 67.0 Å². The van der Waals surface area contributed by atoms with Crippen molar-refractivity contribution in [1.82, 2.24) is 4.90 Å². The van der Waals surface area contributed by atoms with E-state index in [1.165, 1.54) is 36.4 Å². The van der Waals surface area contributed by atoms with E-state index in [2.05, 4.69) is 0 Å². The zero-order valence-electron chi connectivity index (χ0n) is 24.6. The standard InChI is InChI=1S/C22H27NO2/c1-23-19(15-21(24)17-9-4-2-5-10-17)13-8-14-20(23)16-22(25)18-11-6-3-7-12-18/h2-7,9-12,19-21,24H,8,13-16H2,1H3/t19-,20+,21?/m0/s1/i1D3,8D2,13D2,14D2,19D,20D. The third kappa shape index (κ3) is 4.56. The summed E-state index contributed by atoms with van der Waals surface area (Å²) in [5.74, 6) is -0.882. The number of carbonyl (C=O) groups excluding carboxylic acids is 1. The molecule has 1 fully saturated rings. The molecule has 3 atom stereocenters. The predicted molar refractivity (Wildman–Crippen MR) is 101 cm³/mol. The summed E-state index contributed by atoms with van der Waals surface area (Å²) in [4.78, 5) is 13.0. The maximum atomic E-state index is 13.1. The van der Waals surface area contributed by atoms with Crippen LogP contribution in [0.25, 0.3) is 0 Å². The Bertz CT molecular complexity index is 1090. The molecule has 25 heavy (non-hydrogen) atoms. The van der Waals surface area contributed by atoms with Gasteiger partial charge in [0.2, 0.25) is 0 Å². The molecular weight excluding hydrogens is 310 g/mol. The fourth-order valence-electron chi connectivity index (χ4n) is 2.57. The van der Waals surface area contributed by atoms with Gasteiger partial charge in [0.15, 0.2) is 5.78 Å². The van der Waals surface area contributed by atoms with E-state index in [1.54, 1.807) is 24.3 Å². The number of Topliss-reactive ketones (excluding diaryl/α,β-unsaturated/α-hetero) is 1. The molecular formula is C22H27NO2. The Kier molecular flexibility index (Phi) is 2.90. The molecule has 1 N–H and O–H groups in total. The van der Waals surface area contributed by atoms with Gasteiger partial charge in [0.25, 0.3) is 0 Å². The van der Waals surface area contributed by atoms with Gasteiger partial charge in [0.05, 0.1) is 6.10 Å². The molecule has 2 aromatic rings. The van der Waals surface area contributed by atoms with Crippen LogP contribution in [-0.2, 0) is 0 Å². The van der Waals surface area contributed by atoms with Gasteiger partial charge in [-0.2, -0.15) is 0 Å². The summed E-state index contributed by atoms with van der Waals surface area (Å²) in [6.45, 7) is -3.52. The van der Waals surface area contributed by atoms with Gasteiger partial charge in [-0.05, 0) is 31.7 Å². The van der Waals surface area contributed by atoms with Gasteiger partial charge in [0, 0.05) is 39.1 Å². The second kappa shape index (κ2) is 8.41. The molecule has 3 rings (SSSR count). The van der Waals surface area contributed by atoms with Crippen molar-refractivity contribution in [2.75, 3.05) is 6.98 Å². The number of hydrogen-bond donors (Lipinski definition) is 1. The van der Waals surface area contributed by atoms with Crippen LogP contribution in [0.15, 0.2) is 60.7 Å². The molecule has 132 valence electrons. The van der Waals surface area contributed by atoms with E-state index in [9.17, 15) is 9.90 Å². The Morgan fingerprint density at radius 3 is 2.52 bits per heavy atom. The van der Waals surface area contributed by atoms with Crippen LogP contribution >= 0.6 is 0 Å². The molecule has 0 bridgehead atoms. The number of aliphatic hydroxyl groups excluding tert-OH is 1. The SMILES string of the molecule is [2H]C([2H])([2H])N1[C@]([2H])(CC(O)c2ccccc2)C([2H])([2H])C([2H])([2H])C([2H])([2H])[C@]1([2H])CC(=O)c1ccccc1. The molecule has 0 radical (unpaired) electrons. The van der Waals surface area contributed by atoms with Gasteiger partial charge in [0.1, 0.15) is 0 Å². The van der Waals surface area contributed by atoms with Gasteiger partial charge >= 0.3 is 0 Å². The summed E-state index contributed by atoms with van der Waals surface area (Å²) in [6, 6.07) is 8.55. The summed E-state index contributed by atoms with van der Waals surface area (Å²) >= 11 is 0. The minimum Gasteiger partial charge on any atom is -0.388 e. The third-order valence-corrected chi connectivity index (χ3v) is 3.95. The Morgan fingerprint density at radius 2 is 1.84 bits per heavy atom. The molecule has 3 heteroatoms. The molecule has 1 heterocycles. The summed E-state index contributed by atoms with van der Waals surface area (Å²) in [5.41, 5.74) is 0.204. The molecule has 0 aliphatic carbocycles. The van der Waals surface area contributed by atoms with E-state index < -0.39 is 62.9 Å². The number of hydrogen-bond acceptors (Lipinski definition) is 3. The first kappa shape index (κ1) is 8.61. The molecule has 0 spiro atoms. The van der Waals surface area contributed by atoms with Crippen molar-refractivity contribution >= 4 is 5.78 Å². The first-order chi connectivity index (χ1) is 16.3. The van der Waals surface area contributed by atoms with E-state index in [0.717, 1.165) is 0 Å². The zero-order valence-corrected chi connectivity index (χ0v) is 13.6. The molecule has 2 aromatic carbocycles. The van der Waals surface area contributed by atoms with Crippen molar-refractivity contribution in [3.8, 4) is 0 Å². The molecule has 0 saturated carbocycles. The van der Waals surface area contributed by atoms with Crippen molar-refractivity contribution < 1.29 is 25.0 Å². The van der Waals surface area contributed by atoms with Gasteiger partial charge in [-0.3, -0.25) is 9.69 Å². The highest BCUT2D eigenvalue weighted by atomic mass is 16.3. The second-order valence-electron chi connectivity index (χ2n) is 5.70. The lowest BCUT2D eigenvalue weighted by Gasteiger charge is -2.40. The summed E-state index contributed by atoms with van der Waals surface area (Å²) in [5, 5.41) is 10.8. The van der Waals surface area contributed by atoms with Crippen LogP contribution in [0.1, 0.15) is 69.1 Å².